The number of pyridine rings is 1. The molecule has 15 heavy (non-hydrogen) atoms. The molecule has 0 aliphatic heterocycles. The molecule has 0 aromatic carbocycles. The first kappa shape index (κ1) is 9.96. The minimum atomic E-state index is 0.717. The lowest BCUT2D eigenvalue weighted by molar-refractivity contribution is 0.824. The molecule has 0 radical (unpaired) electrons. The van der Waals surface area contributed by atoms with Gasteiger partial charge in [0.25, 0.3) is 0 Å². The van der Waals surface area contributed by atoms with E-state index in [4.69, 9.17) is 0 Å². The standard InChI is InChI=1S/C11H16N4/c1-3-4-7-12-11-13-10-6-5-9(2)8-15(10)14-11/h5-6,8H,3-4,7H2,1-2H3,(H,12,14). The average molecular weight is 204 g/mol. The number of fused-ring (bicyclic) bond motifs is 1. The summed E-state index contributed by atoms with van der Waals surface area (Å²) in [6.45, 7) is 5.15. The molecule has 2 rings (SSSR count). The maximum absolute atomic E-state index is 4.37. The van der Waals surface area contributed by atoms with Crippen molar-refractivity contribution in [3.63, 3.8) is 0 Å². The fourth-order valence-corrected chi connectivity index (χ4v) is 1.44. The topological polar surface area (TPSA) is 42.2 Å². The predicted octanol–water partition coefficient (Wildman–Crippen LogP) is 2.25. The van der Waals surface area contributed by atoms with Gasteiger partial charge >= 0.3 is 0 Å². The highest BCUT2D eigenvalue weighted by Gasteiger charge is 2.01. The van der Waals surface area contributed by atoms with Crippen LogP contribution in [0.15, 0.2) is 18.3 Å². The van der Waals surface area contributed by atoms with Crippen molar-refractivity contribution < 1.29 is 0 Å². The van der Waals surface area contributed by atoms with E-state index in [1.165, 1.54) is 12.0 Å². The molecule has 0 aliphatic rings. The van der Waals surface area contributed by atoms with Crippen LogP contribution in [0.2, 0.25) is 0 Å². The van der Waals surface area contributed by atoms with Gasteiger partial charge in [0.1, 0.15) is 0 Å². The van der Waals surface area contributed by atoms with E-state index in [0.717, 1.165) is 18.6 Å². The Kier molecular flexibility index (Phi) is 2.85. The lowest BCUT2D eigenvalue weighted by Gasteiger charge is -1.97. The van der Waals surface area contributed by atoms with E-state index in [1.807, 2.05) is 29.8 Å². The molecule has 0 bridgehead atoms. The van der Waals surface area contributed by atoms with Crippen molar-refractivity contribution in [1.29, 1.82) is 0 Å². The molecular formula is C11H16N4. The van der Waals surface area contributed by atoms with Gasteiger partial charge in [-0.25, -0.2) is 4.52 Å². The fourth-order valence-electron chi connectivity index (χ4n) is 1.44. The van der Waals surface area contributed by atoms with Crippen LogP contribution in [0.1, 0.15) is 25.3 Å². The number of rotatable bonds is 4. The van der Waals surface area contributed by atoms with Crippen LogP contribution in [0.25, 0.3) is 5.65 Å². The molecule has 0 amide bonds. The summed E-state index contributed by atoms with van der Waals surface area (Å²) < 4.78 is 1.81. The zero-order valence-electron chi connectivity index (χ0n) is 9.20. The average Bonchev–Trinajstić information content (AvgIpc) is 2.60. The van der Waals surface area contributed by atoms with E-state index in [9.17, 15) is 0 Å². The second-order valence-electron chi connectivity index (χ2n) is 3.72. The smallest absolute Gasteiger partial charge is 0.243 e. The van der Waals surface area contributed by atoms with Crippen LogP contribution in [0.5, 0.6) is 0 Å². The van der Waals surface area contributed by atoms with Gasteiger partial charge in [-0.1, -0.05) is 19.4 Å². The first-order valence-electron chi connectivity index (χ1n) is 5.36. The number of aryl methyl sites for hydroxylation is 1. The normalized spacial score (nSPS) is 10.8. The summed E-state index contributed by atoms with van der Waals surface area (Å²) in [5.74, 6) is 0.717. The quantitative estimate of drug-likeness (QED) is 0.777. The predicted molar refractivity (Wildman–Crippen MR) is 61.1 cm³/mol. The van der Waals surface area contributed by atoms with Gasteiger partial charge in [0.2, 0.25) is 5.95 Å². The van der Waals surface area contributed by atoms with Crippen molar-refractivity contribution in [3.05, 3.63) is 23.9 Å². The lowest BCUT2D eigenvalue weighted by atomic mass is 10.3. The van der Waals surface area contributed by atoms with E-state index in [1.54, 1.807) is 0 Å². The SMILES string of the molecule is CCCCNc1nc2ccc(C)cn2n1. The van der Waals surface area contributed by atoms with Gasteiger partial charge in [0, 0.05) is 12.7 Å². The third-order valence-corrected chi connectivity index (χ3v) is 2.29. The van der Waals surface area contributed by atoms with Gasteiger partial charge in [-0.15, -0.1) is 5.10 Å². The molecule has 0 atom stereocenters. The van der Waals surface area contributed by atoms with E-state index in [0.29, 0.717) is 5.95 Å². The summed E-state index contributed by atoms with van der Waals surface area (Å²) in [7, 11) is 0. The Balaban J connectivity index is 2.16. The molecule has 2 heterocycles. The van der Waals surface area contributed by atoms with Crippen molar-refractivity contribution in [2.75, 3.05) is 11.9 Å². The van der Waals surface area contributed by atoms with Crippen molar-refractivity contribution >= 4 is 11.6 Å². The molecule has 2 aromatic heterocycles. The van der Waals surface area contributed by atoms with Gasteiger partial charge in [0.05, 0.1) is 0 Å². The van der Waals surface area contributed by atoms with E-state index in [2.05, 4.69) is 22.3 Å². The van der Waals surface area contributed by atoms with Crippen LogP contribution in [0.3, 0.4) is 0 Å². The molecule has 80 valence electrons. The van der Waals surface area contributed by atoms with Gasteiger partial charge in [-0.3, -0.25) is 0 Å². The largest absolute Gasteiger partial charge is 0.353 e. The Morgan fingerprint density at radius 3 is 3.07 bits per heavy atom. The second-order valence-corrected chi connectivity index (χ2v) is 3.72. The maximum Gasteiger partial charge on any atom is 0.243 e. The number of hydrogen-bond acceptors (Lipinski definition) is 3. The zero-order chi connectivity index (χ0) is 10.7. The third kappa shape index (κ3) is 2.26. The highest BCUT2D eigenvalue weighted by Crippen LogP contribution is 2.06. The van der Waals surface area contributed by atoms with Gasteiger partial charge in [0.15, 0.2) is 5.65 Å². The number of nitrogens with zero attached hydrogens (tertiary/aromatic N) is 3. The first-order valence-corrected chi connectivity index (χ1v) is 5.36. The van der Waals surface area contributed by atoms with Gasteiger partial charge < -0.3 is 5.32 Å². The molecular weight excluding hydrogens is 188 g/mol. The minimum absolute atomic E-state index is 0.717. The Morgan fingerprint density at radius 1 is 1.40 bits per heavy atom. The van der Waals surface area contributed by atoms with E-state index >= 15 is 0 Å². The van der Waals surface area contributed by atoms with Crippen molar-refractivity contribution in [2.24, 2.45) is 0 Å². The Labute approximate surface area is 89.3 Å². The molecule has 0 unspecified atom stereocenters. The van der Waals surface area contributed by atoms with Gasteiger partial charge in [-0.05, 0) is 25.0 Å². The second kappa shape index (κ2) is 4.29. The molecule has 1 N–H and O–H groups in total. The molecule has 4 nitrogen and oxygen atoms in total. The number of aromatic nitrogens is 3. The van der Waals surface area contributed by atoms with Crippen LogP contribution in [0.4, 0.5) is 5.95 Å². The first-order chi connectivity index (χ1) is 7.29. The van der Waals surface area contributed by atoms with Crippen LogP contribution >= 0.6 is 0 Å². The summed E-state index contributed by atoms with van der Waals surface area (Å²) in [6.07, 6.45) is 4.31. The number of nitrogens with one attached hydrogen (secondary N) is 1. The summed E-state index contributed by atoms with van der Waals surface area (Å²) in [6, 6.07) is 4.02. The number of anilines is 1. The lowest BCUT2D eigenvalue weighted by Crippen LogP contribution is -2.02. The highest BCUT2D eigenvalue weighted by molar-refractivity contribution is 5.43. The van der Waals surface area contributed by atoms with Crippen LogP contribution in [0, 0.1) is 6.92 Å². The Bertz CT molecular complexity index is 447. The number of unbranched alkanes of at least 4 members (excludes halogenated alkanes) is 1. The van der Waals surface area contributed by atoms with E-state index in [-0.39, 0.29) is 0 Å². The van der Waals surface area contributed by atoms with Crippen LogP contribution < -0.4 is 5.32 Å². The summed E-state index contributed by atoms with van der Waals surface area (Å²) in [5.41, 5.74) is 2.08. The van der Waals surface area contributed by atoms with Crippen molar-refractivity contribution in [3.8, 4) is 0 Å². The van der Waals surface area contributed by atoms with Crippen LogP contribution in [-0.4, -0.2) is 21.1 Å². The van der Waals surface area contributed by atoms with Crippen LogP contribution in [-0.2, 0) is 0 Å². The molecule has 0 saturated heterocycles. The summed E-state index contributed by atoms with van der Waals surface area (Å²) in [5, 5.41) is 7.55. The fraction of sp³-hybridized carbons (Fsp3) is 0.455. The zero-order valence-corrected chi connectivity index (χ0v) is 9.20. The monoisotopic (exact) mass is 204 g/mol. The molecule has 0 aliphatic carbocycles. The Hall–Kier alpha value is -1.58. The van der Waals surface area contributed by atoms with Gasteiger partial charge in [-0.2, -0.15) is 4.98 Å². The minimum Gasteiger partial charge on any atom is -0.353 e. The molecule has 4 heteroatoms. The van der Waals surface area contributed by atoms with Crippen molar-refractivity contribution in [2.45, 2.75) is 26.7 Å². The maximum atomic E-state index is 4.37. The molecule has 2 aromatic rings. The summed E-state index contributed by atoms with van der Waals surface area (Å²) >= 11 is 0. The molecule has 0 saturated carbocycles. The molecule has 0 spiro atoms. The Morgan fingerprint density at radius 2 is 2.27 bits per heavy atom. The highest BCUT2D eigenvalue weighted by atomic mass is 15.3. The summed E-state index contributed by atoms with van der Waals surface area (Å²) in [4.78, 5) is 4.37. The third-order valence-electron chi connectivity index (χ3n) is 2.29. The number of hydrogen-bond donors (Lipinski definition) is 1. The van der Waals surface area contributed by atoms with Crippen molar-refractivity contribution in [1.82, 2.24) is 14.6 Å². The molecule has 0 fully saturated rings. The van der Waals surface area contributed by atoms with E-state index < -0.39 is 0 Å².